The van der Waals surface area contributed by atoms with Gasteiger partial charge in [-0.15, -0.1) is 0 Å². The summed E-state index contributed by atoms with van der Waals surface area (Å²) in [6.45, 7) is 1.97. The zero-order valence-corrected chi connectivity index (χ0v) is 12.3. The van der Waals surface area contributed by atoms with E-state index in [0.717, 1.165) is 18.4 Å². The lowest BCUT2D eigenvalue weighted by molar-refractivity contribution is -0.132. The third-order valence-corrected chi connectivity index (χ3v) is 6.52. The summed E-state index contributed by atoms with van der Waals surface area (Å²) in [5.41, 5.74) is 0.555. The van der Waals surface area contributed by atoms with Crippen molar-refractivity contribution in [3.8, 4) is 0 Å². The van der Waals surface area contributed by atoms with Gasteiger partial charge in [0.05, 0.1) is 0 Å². The summed E-state index contributed by atoms with van der Waals surface area (Å²) in [7, 11) is 0. The first-order valence-corrected chi connectivity index (χ1v) is 8.11. The van der Waals surface area contributed by atoms with E-state index in [4.69, 9.17) is 0 Å². The molecule has 0 aromatic rings. The van der Waals surface area contributed by atoms with Gasteiger partial charge < -0.3 is 0 Å². The maximum atomic E-state index is 14.9. The number of alkyl halides is 1. The maximum Gasteiger partial charge on any atom is 0.155 e. The van der Waals surface area contributed by atoms with Crippen molar-refractivity contribution in [2.24, 2.45) is 29.1 Å². The van der Waals surface area contributed by atoms with E-state index in [1.165, 1.54) is 0 Å². The van der Waals surface area contributed by atoms with Gasteiger partial charge in [0.15, 0.2) is 5.78 Å². The molecule has 0 amide bonds. The van der Waals surface area contributed by atoms with E-state index in [0.29, 0.717) is 19.3 Å². The van der Waals surface area contributed by atoms with E-state index >= 15 is 0 Å². The van der Waals surface area contributed by atoms with Crippen LogP contribution in [0.15, 0.2) is 23.8 Å². The van der Waals surface area contributed by atoms with Crippen molar-refractivity contribution in [3.05, 3.63) is 23.8 Å². The molecule has 0 bridgehead atoms. The number of fused-ring (bicyclic) bond motifs is 5. The second-order valence-electron chi connectivity index (χ2n) is 7.48. The molecule has 112 valence electrons. The summed E-state index contributed by atoms with van der Waals surface area (Å²) >= 11 is 0. The van der Waals surface area contributed by atoms with Gasteiger partial charge in [-0.3, -0.25) is 9.59 Å². The number of carbonyl (C=O) groups is 2. The zero-order valence-electron chi connectivity index (χ0n) is 12.3. The highest BCUT2D eigenvalue weighted by atomic mass is 19.1. The van der Waals surface area contributed by atoms with Gasteiger partial charge in [0, 0.05) is 24.2 Å². The highest BCUT2D eigenvalue weighted by Crippen LogP contribution is 2.59. The molecule has 4 aliphatic carbocycles. The minimum atomic E-state index is -0.926. The molecule has 0 spiro atoms. The number of rotatable bonds is 0. The monoisotopic (exact) mass is 288 g/mol. The van der Waals surface area contributed by atoms with Crippen molar-refractivity contribution in [2.45, 2.75) is 45.2 Å². The molecule has 0 aliphatic heterocycles. The molecule has 21 heavy (non-hydrogen) atoms. The van der Waals surface area contributed by atoms with E-state index in [9.17, 15) is 14.0 Å². The van der Waals surface area contributed by atoms with E-state index in [-0.39, 0.29) is 35.2 Å². The predicted molar refractivity (Wildman–Crippen MR) is 77.3 cm³/mol. The minimum absolute atomic E-state index is 0.0293. The summed E-state index contributed by atoms with van der Waals surface area (Å²) in [6.07, 6.45) is 8.11. The Morgan fingerprint density at radius 2 is 2.05 bits per heavy atom. The number of ketones is 2. The number of hydrogen-bond donors (Lipinski definition) is 0. The number of carbonyl (C=O) groups excluding carboxylic acids is 2. The van der Waals surface area contributed by atoms with Gasteiger partial charge in [-0.1, -0.05) is 19.1 Å². The second kappa shape index (κ2) is 4.37. The SMILES string of the molecule is C[C@]12CC(F)[C@H]3[C@@H](C=CC4=CC(=O)CC[C@@H]43)[C@@H]1CCC2=O. The summed E-state index contributed by atoms with van der Waals surface area (Å²) in [4.78, 5) is 23.8. The van der Waals surface area contributed by atoms with Crippen LogP contribution in [0.25, 0.3) is 0 Å². The van der Waals surface area contributed by atoms with Crippen LogP contribution in [-0.4, -0.2) is 17.7 Å². The van der Waals surface area contributed by atoms with Gasteiger partial charge in [-0.2, -0.15) is 0 Å². The number of hydrogen-bond acceptors (Lipinski definition) is 2. The Balaban J connectivity index is 1.76. The van der Waals surface area contributed by atoms with Crippen LogP contribution in [0, 0.1) is 29.1 Å². The average Bonchev–Trinajstić information content (AvgIpc) is 2.74. The van der Waals surface area contributed by atoms with E-state index in [2.05, 4.69) is 6.08 Å². The van der Waals surface area contributed by atoms with Crippen molar-refractivity contribution in [2.75, 3.05) is 0 Å². The molecule has 3 heteroatoms. The molecule has 0 radical (unpaired) electrons. The molecule has 2 saturated carbocycles. The normalized spacial score (nSPS) is 48.5. The van der Waals surface area contributed by atoms with Gasteiger partial charge in [-0.05, 0) is 48.7 Å². The summed E-state index contributed by atoms with van der Waals surface area (Å²) < 4.78 is 14.9. The fourth-order valence-corrected chi connectivity index (χ4v) is 5.45. The minimum Gasteiger partial charge on any atom is -0.299 e. The Kier molecular flexibility index (Phi) is 2.79. The molecule has 0 heterocycles. The molecule has 0 saturated heterocycles. The fourth-order valence-electron chi connectivity index (χ4n) is 5.45. The number of Topliss-reactive ketones (excluding diaryl/α,β-unsaturated/α-hetero) is 1. The van der Waals surface area contributed by atoms with Crippen molar-refractivity contribution < 1.29 is 14.0 Å². The van der Waals surface area contributed by atoms with Gasteiger partial charge in [0.25, 0.3) is 0 Å². The summed E-state index contributed by atoms with van der Waals surface area (Å²) in [6, 6.07) is 0. The Hall–Kier alpha value is -1.25. The molecule has 1 unspecified atom stereocenters. The van der Waals surface area contributed by atoms with Crippen LogP contribution in [0.2, 0.25) is 0 Å². The lowest BCUT2D eigenvalue weighted by Gasteiger charge is -2.51. The molecule has 0 N–H and O–H groups in total. The van der Waals surface area contributed by atoms with Gasteiger partial charge in [-0.25, -0.2) is 4.39 Å². The molecule has 4 aliphatic rings. The quantitative estimate of drug-likeness (QED) is 0.684. The third-order valence-electron chi connectivity index (χ3n) is 6.52. The first-order chi connectivity index (χ1) is 10.0. The Morgan fingerprint density at radius 3 is 2.86 bits per heavy atom. The van der Waals surface area contributed by atoms with E-state index in [1.807, 2.05) is 13.0 Å². The van der Waals surface area contributed by atoms with E-state index in [1.54, 1.807) is 6.08 Å². The van der Waals surface area contributed by atoms with Crippen molar-refractivity contribution in [3.63, 3.8) is 0 Å². The van der Waals surface area contributed by atoms with E-state index < -0.39 is 11.6 Å². The zero-order chi connectivity index (χ0) is 14.8. The first kappa shape index (κ1) is 13.4. The standard InChI is InChI=1S/C18H21FO2/c1-18-9-15(19)17-12-5-3-11(20)8-10(12)2-4-13(17)14(18)6-7-16(18)21/h2,4,8,12-15,17H,3,5-7,9H2,1H3/t12-,13-,14-,15?,17+,18-/m0/s1. The Morgan fingerprint density at radius 1 is 1.24 bits per heavy atom. The topological polar surface area (TPSA) is 34.1 Å². The Bertz CT molecular complexity index is 576. The van der Waals surface area contributed by atoms with Crippen molar-refractivity contribution in [1.82, 2.24) is 0 Å². The van der Waals surface area contributed by atoms with Crippen LogP contribution in [0.1, 0.15) is 39.0 Å². The molecule has 0 aromatic heterocycles. The maximum absolute atomic E-state index is 14.9. The molecule has 2 fully saturated rings. The summed E-state index contributed by atoms with van der Waals surface area (Å²) in [5.74, 6) is 1.02. The van der Waals surface area contributed by atoms with Gasteiger partial charge in [0.2, 0.25) is 0 Å². The van der Waals surface area contributed by atoms with Crippen molar-refractivity contribution in [1.29, 1.82) is 0 Å². The van der Waals surface area contributed by atoms with Gasteiger partial charge >= 0.3 is 0 Å². The van der Waals surface area contributed by atoms with Gasteiger partial charge in [0.1, 0.15) is 12.0 Å². The molecule has 6 atom stereocenters. The van der Waals surface area contributed by atoms with Crippen LogP contribution in [0.4, 0.5) is 4.39 Å². The second-order valence-corrected chi connectivity index (χ2v) is 7.48. The lowest BCUT2D eigenvalue weighted by atomic mass is 9.53. The third kappa shape index (κ3) is 1.75. The van der Waals surface area contributed by atoms with Crippen LogP contribution in [0.3, 0.4) is 0 Å². The Labute approximate surface area is 124 Å². The van der Waals surface area contributed by atoms with Crippen LogP contribution in [-0.2, 0) is 9.59 Å². The van der Waals surface area contributed by atoms with Crippen LogP contribution < -0.4 is 0 Å². The van der Waals surface area contributed by atoms with Crippen LogP contribution >= 0.6 is 0 Å². The average molecular weight is 288 g/mol. The molecule has 0 aromatic carbocycles. The number of halogens is 1. The molecule has 2 nitrogen and oxygen atoms in total. The summed E-state index contributed by atoms with van der Waals surface area (Å²) in [5, 5.41) is 0. The van der Waals surface area contributed by atoms with Crippen LogP contribution in [0.5, 0.6) is 0 Å². The highest BCUT2D eigenvalue weighted by molar-refractivity contribution is 5.92. The van der Waals surface area contributed by atoms with Crippen molar-refractivity contribution >= 4 is 11.6 Å². The number of allylic oxidation sites excluding steroid dienone is 4. The lowest BCUT2D eigenvalue weighted by Crippen LogP contribution is -2.50. The first-order valence-electron chi connectivity index (χ1n) is 8.11. The highest BCUT2D eigenvalue weighted by Gasteiger charge is 2.58. The molecular formula is C18H21FO2. The molecule has 4 rings (SSSR count). The predicted octanol–water partition coefficient (Wildman–Crippen LogP) is 3.42. The largest absolute Gasteiger partial charge is 0.299 e. The fraction of sp³-hybridized carbons (Fsp3) is 0.667. The molecular weight excluding hydrogens is 267 g/mol. The smallest absolute Gasteiger partial charge is 0.155 e.